The van der Waals surface area contributed by atoms with Crippen molar-refractivity contribution in [3.63, 3.8) is 0 Å². The van der Waals surface area contributed by atoms with E-state index in [1.54, 1.807) is 19.9 Å². The summed E-state index contributed by atoms with van der Waals surface area (Å²) in [7, 11) is -4.09. The van der Waals surface area contributed by atoms with Crippen molar-refractivity contribution in [1.82, 2.24) is 4.47 Å². The van der Waals surface area contributed by atoms with Crippen LogP contribution in [0.25, 0.3) is 0 Å². The van der Waals surface area contributed by atoms with Crippen molar-refractivity contribution in [2.45, 2.75) is 50.3 Å². The Labute approximate surface area is 176 Å². The summed E-state index contributed by atoms with van der Waals surface area (Å²) in [6.07, 6.45) is 2.86. The molecule has 1 aromatic heterocycles. The van der Waals surface area contributed by atoms with Gasteiger partial charge in [-0.1, -0.05) is 41.8 Å². The lowest BCUT2D eigenvalue weighted by Gasteiger charge is -2.20. The summed E-state index contributed by atoms with van der Waals surface area (Å²) in [5.74, 6) is 4.70. The van der Waals surface area contributed by atoms with Crippen LogP contribution in [0.2, 0.25) is 0 Å². The molecule has 0 fully saturated rings. The maximum absolute atomic E-state index is 12.7. The second-order valence-electron chi connectivity index (χ2n) is 6.68. The van der Waals surface area contributed by atoms with Gasteiger partial charge in [0.25, 0.3) is 10.0 Å². The second-order valence-corrected chi connectivity index (χ2v) is 9.82. The van der Waals surface area contributed by atoms with Gasteiger partial charge in [0.15, 0.2) is 0 Å². The van der Waals surface area contributed by atoms with Gasteiger partial charge in [-0.15, -0.1) is 11.3 Å². The van der Waals surface area contributed by atoms with Crippen molar-refractivity contribution in [1.29, 1.82) is 0 Å². The van der Waals surface area contributed by atoms with Gasteiger partial charge in [-0.2, -0.15) is 0 Å². The average molecular weight is 436 g/mol. The molecule has 0 atom stereocenters. The first-order valence-corrected chi connectivity index (χ1v) is 11.6. The first-order valence-electron chi connectivity index (χ1n) is 9.34. The Kier molecular flexibility index (Phi) is 8.41. The molecule has 0 aliphatic heterocycles. The van der Waals surface area contributed by atoms with Crippen LogP contribution in [0.1, 0.15) is 49.6 Å². The maximum Gasteiger partial charge on any atom is 0.321 e. The Morgan fingerprint density at radius 3 is 2.45 bits per heavy atom. The zero-order valence-corrected chi connectivity index (χ0v) is 18.3. The number of carboxylic acids is 1. The standard InChI is InChI=1S/C21H25NO5S2/c1-4-5-6-17-7-9-18(10-8-17)11-12-19-13-14-21(28-19)29(25,26)22(15-20(23)24)27-16(2)3/h7-10,13-14,16H,4-6,15H2,1-3H3,(H,23,24). The minimum absolute atomic E-state index is 0.0152. The highest BCUT2D eigenvalue weighted by Crippen LogP contribution is 2.25. The van der Waals surface area contributed by atoms with Crippen LogP contribution in [0.15, 0.2) is 40.6 Å². The highest BCUT2D eigenvalue weighted by molar-refractivity contribution is 7.91. The summed E-state index contributed by atoms with van der Waals surface area (Å²) in [6.45, 7) is 4.64. The van der Waals surface area contributed by atoms with Crippen molar-refractivity contribution in [3.8, 4) is 11.8 Å². The summed E-state index contributed by atoms with van der Waals surface area (Å²) in [6, 6.07) is 11.0. The smallest absolute Gasteiger partial charge is 0.321 e. The maximum atomic E-state index is 12.7. The van der Waals surface area contributed by atoms with Crippen molar-refractivity contribution in [2.75, 3.05) is 6.54 Å². The summed E-state index contributed by atoms with van der Waals surface area (Å²) in [5, 5.41) is 8.98. The lowest BCUT2D eigenvalue weighted by atomic mass is 10.1. The Morgan fingerprint density at radius 1 is 1.17 bits per heavy atom. The van der Waals surface area contributed by atoms with Crippen LogP contribution in [-0.4, -0.2) is 36.6 Å². The molecule has 1 heterocycles. The molecule has 0 saturated carbocycles. The molecule has 1 aromatic carbocycles. The fourth-order valence-electron chi connectivity index (χ4n) is 2.42. The SMILES string of the molecule is CCCCc1ccc(C#Cc2ccc(S(=O)(=O)N(CC(=O)O)OC(C)C)s2)cc1. The summed E-state index contributed by atoms with van der Waals surface area (Å²) >= 11 is 0.980. The fraction of sp³-hybridized carbons (Fsp3) is 0.381. The number of nitrogens with zero attached hydrogens (tertiary/aromatic N) is 1. The van der Waals surface area contributed by atoms with Crippen molar-refractivity contribution >= 4 is 27.3 Å². The highest BCUT2D eigenvalue weighted by atomic mass is 32.2. The van der Waals surface area contributed by atoms with Crippen LogP contribution >= 0.6 is 11.3 Å². The van der Waals surface area contributed by atoms with Gasteiger partial charge in [0.2, 0.25) is 0 Å². The number of carbonyl (C=O) groups is 1. The second kappa shape index (κ2) is 10.6. The molecule has 156 valence electrons. The molecular weight excluding hydrogens is 410 g/mol. The van der Waals surface area contributed by atoms with E-state index >= 15 is 0 Å². The lowest BCUT2D eigenvalue weighted by molar-refractivity contribution is -0.156. The molecule has 0 spiro atoms. The van der Waals surface area contributed by atoms with Crippen LogP contribution in [0.5, 0.6) is 0 Å². The van der Waals surface area contributed by atoms with Crippen molar-refractivity contribution < 1.29 is 23.2 Å². The molecular formula is C21H25NO5S2. The molecule has 2 aromatic rings. The zero-order chi connectivity index (χ0) is 21.4. The molecule has 0 unspecified atom stereocenters. The van der Waals surface area contributed by atoms with E-state index in [0.29, 0.717) is 9.35 Å². The Morgan fingerprint density at radius 2 is 1.86 bits per heavy atom. The van der Waals surface area contributed by atoms with Gasteiger partial charge in [0.05, 0.1) is 11.0 Å². The predicted octanol–water partition coefficient (Wildman–Crippen LogP) is 3.91. The first-order chi connectivity index (χ1) is 13.7. The van der Waals surface area contributed by atoms with Gasteiger partial charge < -0.3 is 5.11 Å². The molecule has 1 N–H and O–H groups in total. The number of carboxylic acid groups (broad SMARTS) is 1. The number of hydrogen-bond donors (Lipinski definition) is 1. The molecule has 0 aliphatic rings. The number of aryl methyl sites for hydroxylation is 1. The predicted molar refractivity (Wildman–Crippen MR) is 113 cm³/mol. The van der Waals surface area contributed by atoms with Gasteiger partial charge in [-0.3, -0.25) is 9.63 Å². The third-order valence-electron chi connectivity index (χ3n) is 3.80. The number of hydroxylamine groups is 1. The molecule has 0 aliphatic carbocycles. The molecule has 6 nitrogen and oxygen atoms in total. The fourth-order valence-corrected chi connectivity index (χ4v) is 4.96. The van der Waals surface area contributed by atoms with Gasteiger partial charge in [-0.25, -0.2) is 8.42 Å². The van der Waals surface area contributed by atoms with E-state index in [4.69, 9.17) is 9.94 Å². The van der Waals surface area contributed by atoms with E-state index < -0.39 is 28.6 Å². The van der Waals surface area contributed by atoms with E-state index in [1.165, 1.54) is 11.6 Å². The van der Waals surface area contributed by atoms with Gasteiger partial charge >= 0.3 is 5.97 Å². The molecule has 0 amide bonds. The summed E-state index contributed by atoms with van der Waals surface area (Å²) in [5.41, 5.74) is 2.12. The number of aliphatic carboxylic acids is 1. The molecule has 0 saturated heterocycles. The number of benzene rings is 1. The number of unbranched alkanes of at least 4 members (excludes halogenated alkanes) is 1. The van der Waals surface area contributed by atoms with E-state index in [1.807, 2.05) is 12.1 Å². The van der Waals surface area contributed by atoms with Crippen molar-refractivity contribution in [3.05, 3.63) is 52.4 Å². The van der Waals surface area contributed by atoms with Crippen LogP contribution in [0.3, 0.4) is 0 Å². The Hall–Kier alpha value is -2.18. The minimum atomic E-state index is -4.09. The van der Waals surface area contributed by atoms with E-state index in [0.717, 1.165) is 36.2 Å². The lowest BCUT2D eigenvalue weighted by Crippen LogP contribution is -2.37. The molecule has 8 heteroatoms. The number of thiophene rings is 1. The Bertz CT molecular complexity index is 982. The van der Waals surface area contributed by atoms with E-state index in [9.17, 15) is 13.2 Å². The quantitative estimate of drug-likeness (QED) is 0.477. The molecule has 0 radical (unpaired) electrons. The number of rotatable bonds is 9. The zero-order valence-electron chi connectivity index (χ0n) is 16.7. The third-order valence-corrected chi connectivity index (χ3v) is 6.87. The van der Waals surface area contributed by atoms with Crippen LogP contribution in [-0.2, 0) is 26.1 Å². The van der Waals surface area contributed by atoms with Gasteiger partial charge in [0.1, 0.15) is 10.8 Å². The van der Waals surface area contributed by atoms with E-state index in [2.05, 4.69) is 30.9 Å². The highest BCUT2D eigenvalue weighted by Gasteiger charge is 2.30. The largest absolute Gasteiger partial charge is 0.480 e. The first kappa shape index (κ1) is 23.1. The van der Waals surface area contributed by atoms with Crippen LogP contribution < -0.4 is 0 Å². The number of sulfonamides is 1. The monoisotopic (exact) mass is 435 g/mol. The van der Waals surface area contributed by atoms with Crippen LogP contribution in [0.4, 0.5) is 0 Å². The van der Waals surface area contributed by atoms with Crippen LogP contribution in [0, 0.1) is 11.8 Å². The molecule has 29 heavy (non-hydrogen) atoms. The van der Waals surface area contributed by atoms with Crippen molar-refractivity contribution in [2.24, 2.45) is 0 Å². The molecule has 0 bridgehead atoms. The summed E-state index contributed by atoms with van der Waals surface area (Å²) < 4.78 is 25.9. The minimum Gasteiger partial charge on any atom is -0.480 e. The molecule has 2 rings (SSSR count). The topological polar surface area (TPSA) is 83.9 Å². The van der Waals surface area contributed by atoms with Gasteiger partial charge in [-0.05, 0) is 56.5 Å². The normalized spacial score (nSPS) is 11.5. The van der Waals surface area contributed by atoms with Gasteiger partial charge in [0, 0.05) is 5.56 Å². The third kappa shape index (κ3) is 6.98. The Balaban J connectivity index is 2.17. The average Bonchev–Trinajstić information content (AvgIpc) is 3.14. The van der Waals surface area contributed by atoms with E-state index in [-0.39, 0.29) is 4.21 Å². The summed E-state index contributed by atoms with van der Waals surface area (Å²) in [4.78, 5) is 16.8. The number of hydrogen-bond acceptors (Lipinski definition) is 5.